The maximum absolute atomic E-state index is 12.4. The van der Waals surface area contributed by atoms with E-state index in [2.05, 4.69) is 10.5 Å². The number of nitrogens with one attached hydrogen (secondary N) is 1. The lowest BCUT2D eigenvalue weighted by atomic mass is 9.87. The molecule has 0 unspecified atom stereocenters. The summed E-state index contributed by atoms with van der Waals surface area (Å²) in [6, 6.07) is 4.84. The van der Waals surface area contributed by atoms with E-state index in [1.807, 2.05) is 6.92 Å². The third kappa shape index (κ3) is 2.88. The van der Waals surface area contributed by atoms with Crippen LogP contribution in [-0.4, -0.2) is 17.0 Å². The normalized spacial score (nSPS) is 18.0. The highest BCUT2D eigenvalue weighted by molar-refractivity contribution is 6.31. The summed E-state index contributed by atoms with van der Waals surface area (Å²) in [5, 5.41) is 15.1. The first-order valence-electron chi connectivity index (χ1n) is 6.55. The first-order chi connectivity index (χ1) is 9.46. The SMILES string of the molecule is CC1(C(=O)Nc2cc(Cl)ccc2/C(N)=N/O)CCCC1. The van der Waals surface area contributed by atoms with Gasteiger partial charge in [0.25, 0.3) is 0 Å². The van der Waals surface area contributed by atoms with Crippen molar-refractivity contribution < 1.29 is 10.0 Å². The number of amidine groups is 1. The van der Waals surface area contributed by atoms with Gasteiger partial charge in [-0.2, -0.15) is 0 Å². The van der Waals surface area contributed by atoms with Gasteiger partial charge in [0.15, 0.2) is 5.84 Å². The van der Waals surface area contributed by atoms with Crippen molar-refractivity contribution in [3.05, 3.63) is 28.8 Å². The Hall–Kier alpha value is -1.75. The van der Waals surface area contributed by atoms with E-state index in [-0.39, 0.29) is 17.2 Å². The van der Waals surface area contributed by atoms with E-state index < -0.39 is 0 Å². The molecule has 1 amide bonds. The molecule has 0 spiro atoms. The van der Waals surface area contributed by atoms with Crippen LogP contribution in [0.1, 0.15) is 38.2 Å². The summed E-state index contributed by atoms with van der Waals surface area (Å²) in [4.78, 5) is 12.4. The smallest absolute Gasteiger partial charge is 0.230 e. The van der Waals surface area contributed by atoms with E-state index in [9.17, 15) is 4.79 Å². The first-order valence-corrected chi connectivity index (χ1v) is 6.93. The molecule has 0 bridgehead atoms. The maximum atomic E-state index is 12.4. The second-order valence-corrected chi connectivity index (χ2v) is 5.83. The second-order valence-electron chi connectivity index (χ2n) is 5.40. The van der Waals surface area contributed by atoms with Crippen molar-refractivity contribution in [1.29, 1.82) is 0 Å². The lowest BCUT2D eigenvalue weighted by Crippen LogP contribution is -2.31. The number of nitrogens with zero attached hydrogens (tertiary/aromatic N) is 1. The zero-order valence-corrected chi connectivity index (χ0v) is 12.1. The summed E-state index contributed by atoms with van der Waals surface area (Å²) in [5.41, 5.74) is 6.17. The Bertz CT molecular complexity index is 551. The van der Waals surface area contributed by atoms with Crippen LogP contribution in [-0.2, 0) is 4.79 Å². The lowest BCUT2D eigenvalue weighted by Gasteiger charge is -2.23. The molecule has 20 heavy (non-hydrogen) atoms. The Labute approximate surface area is 122 Å². The van der Waals surface area contributed by atoms with Crippen LogP contribution in [0.3, 0.4) is 0 Å². The van der Waals surface area contributed by atoms with Gasteiger partial charge in [0, 0.05) is 16.0 Å². The Balaban J connectivity index is 2.28. The predicted octanol–water partition coefficient (Wildman–Crippen LogP) is 2.95. The minimum atomic E-state index is -0.356. The number of hydrogen-bond donors (Lipinski definition) is 3. The molecule has 0 aromatic heterocycles. The second kappa shape index (κ2) is 5.71. The van der Waals surface area contributed by atoms with E-state index in [1.165, 1.54) is 0 Å². The molecule has 6 heteroatoms. The molecule has 0 atom stereocenters. The minimum absolute atomic E-state index is 0.0516. The third-order valence-electron chi connectivity index (χ3n) is 3.87. The van der Waals surface area contributed by atoms with Gasteiger partial charge in [0.1, 0.15) is 0 Å². The van der Waals surface area contributed by atoms with Crippen molar-refractivity contribution in [2.24, 2.45) is 16.3 Å². The summed E-state index contributed by atoms with van der Waals surface area (Å²) in [7, 11) is 0. The fraction of sp³-hybridized carbons (Fsp3) is 0.429. The monoisotopic (exact) mass is 295 g/mol. The summed E-state index contributed by atoms with van der Waals surface area (Å²) >= 11 is 5.95. The van der Waals surface area contributed by atoms with E-state index in [0.717, 1.165) is 25.7 Å². The minimum Gasteiger partial charge on any atom is -0.409 e. The molecular weight excluding hydrogens is 278 g/mol. The fourth-order valence-corrected chi connectivity index (χ4v) is 2.72. The number of nitrogens with two attached hydrogens (primary N) is 1. The van der Waals surface area contributed by atoms with E-state index >= 15 is 0 Å². The number of amides is 1. The number of halogens is 1. The van der Waals surface area contributed by atoms with Gasteiger partial charge in [0.2, 0.25) is 5.91 Å². The van der Waals surface area contributed by atoms with Crippen molar-refractivity contribution in [3.63, 3.8) is 0 Å². The zero-order valence-electron chi connectivity index (χ0n) is 11.3. The third-order valence-corrected chi connectivity index (χ3v) is 4.10. The molecule has 0 heterocycles. The van der Waals surface area contributed by atoms with Gasteiger partial charge in [0.05, 0.1) is 5.69 Å². The van der Waals surface area contributed by atoms with Gasteiger partial charge in [-0.3, -0.25) is 4.79 Å². The number of oxime groups is 1. The number of anilines is 1. The molecular formula is C14H18ClN3O2. The summed E-state index contributed by atoms with van der Waals surface area (Å²) < 4.78 is 0. The number of hydrogen-bond acceptors (Lipinski definition) is 3. The largest absolute Gasteiger partial charge is 0.409 e. The highest BCUT2D eigenvalue weighted by Gasteiger charge is 2.36. The fourth-order valence-electron chi connectivity index (χ4n) is 2.55. The van der Waals surface area contributed by atoms with Crippen LogP contribution >= 0.6 is 11.6 Å². The Morgan fingerprint density at radius 1 is 1.45 bits per heavy atom. The van der Waals surface area contributed by atoms with Gasteiger partial charge < -0.3 is 16.3 Å². The summed E-state index contributed by atoms with van der Waals surface area (Å²) in [5.74, 6) is -0.113. The Morgan fingerprint density at radius 3 is 2.70 bits per heavy atom. The molecule has 1 aromatic rings. The molecule has 1 fully saturated rings. The summed E-state index contributed by atoms with van der Waals surface area (Å²) in [6.45, 7) is 1.96. The van der Waals surface area contributed by atoms with Crippen LogP contribution < -0.4 is 11.1 Å². The van der Waals surface area contributed by atoms with Gasteiger partial charge in [-0.1, -0.05) is 36.5 Å². The van der Waals surface area contributed by atoms with Gasteiger partial charge in [-0.25, -0.2) is 0 Å². The van der Waals surface area contributed by atoms with Gasteiger partial charge in [-0.15, -0.1) is 0 Å². The molecule has 108 valence electrons. The maximum Gasteiger partial charge on any atom is 0.230 e. The van der Waals surface area contributed by atoms with Gasteiger partial charge in [-0.05, 0) is 31.0 Å². The van der Waals surface area contributed by atoms with Crippen molar-refractivity contribution in [2.75, 3.05) is 5.32 Å². The van der Waals surface area contributed by atoms with Crippen LogP contribution in [0.15, 0.2) is 23.4 Å². The molecule has 1 aromatic carbocycles. The molecule has 1 aliphatic carbocycles. The molecule has 0 saturated heterocycles. The number of benzene rings is 1. The van der Waals surface area contributed by atoms with Crippen LogP contribution in [0.2, 0.25) is 5.02 Å². The molecule has 4 N–H and O–H groups in total. The van der Waals surface area contributed by atoms with Crippen molar-refractivity contribution in [1.82, 2.24) is 0 Å². The summed E-state index contributed by atoms with van der Waals surface area (Å²) in [6.07, 6.45) is 3.87. The van der Waals surface area contributed by atoms with Crippen LogP contribution in [0.25, 0.3) is 0 Å². The highest BCUT2D eigenvalue weighted by atomic mass is 35.5. The van der Waals surface area contributed by atoms with E-state index in [4.69, 9.17) is 22.5 Å². The van der Waals surface area contributed by atoms with Crippen molar-refractivity contribution in [3.8, 4) is 0 Å². The van der Waals surface area contributed by atoms with Crippen LogP contribution in [0.5, 0.6) is 0 Å². The molecule has 1 aliphatic rings. The molecule has 5 nitrogen and oxygen atoms in total. The first kappa shape index (κ1) is 14.7. The molecule has 0 aliphatic heterocycles. The Morgan fingerprint density at radius 2 is 2.10 bits per heavy atom. The molecule has 1 saturated carbocycles. The van der Waals surface area contributed by atoms with Crippen molar-refractivity contribution in [2.45, 2.75) is 32.6 Å². The van der Waals surface area contributed by atoms with Crippen LogP contribution in [0, 0.1) is 5.41 Å². The topological polar surface area (TPSA) is 87.7 Å². The van der Waals surface area contributed by atoms with Crippen LogP contribution in [0.4, 0.5) is 5.69 Å². The van der Waals surface area contributed by atoms with Gasteiger partial charge >= 0.3 is 0 Å². The van der Waals surface area contributed by atoms with E-state index in [0.29, 0.717) is 16.3 Å². The predicted molar refractivity (Wildman–Crippen MR) is 79.2 cm³/mol. The van der Waals surface area contributed by atoms with E-state index in [1.54, 1.807) is 18.2 Å². The number of rotatable bonds is 3. The highest BCUT2D eigenvalue weighted by Crippen LogP contribution is 2.38. The average Bonchev–Trinajstić information content (AvgIpc) is 2.86. The van der Waals surface area contributed by atoms with Crippen molar-refractivity contribution >= 4 is 29.0 Å². The molecule has 0 radical (unpaired) electrons. The lowest BCUT2D eigenvalue weighted by molar-refractivity contribution is -0.124. The Kier molecular flexibility index (Phi) is 4.18. The number of carbonyl (C=O) groups is 1. The quantitative estimate of drug-likeness (QED) is 0.347. The zero-order chi connectivity index (χ0) is 14.8. The number of carbonyl (C=O) groups excluding carboxylic acids is 1. The standard InChI is InChI=1S/C14H18ClN3O2/c1-14(6-2-3-7-14)13(19)17-11-8-9(15)4-5-10(11)12(16)18-20/h4-5,8,20H,2-3,6-7H2,1H3,(H2,16,18)(H,17,19). The molecule has 2 rings (SSSR count). The average molecular weight is 296 g/mol.